The molecule has 1 atom stereocenters. The molecule has 2 aromatic carbocycles. The van der Waals surface area contributed by atoms with Crippen molar-refractivity contribution in [3.63, 3.8) is 0 Å². The number of carbonyl (C=O) groups is 1. The molecule has 3 aromatic rings. The minimum absolute atomic E-state index is 0.0628. The van der Waals surface area contributed by atoms with Crippen LogP contribution in [0.2, 0.25) is 0 Å². The van der Waals surface area contributed by atoms with Crippen molar-refractivity contribution in [2.75, 3.05) is 20.8 Å². The van der Waals surface area contributed by atoms with E-state index in [2.05, 4.69) is 5.10 Å². The number of nitrogens with zero attached hydrogens (tertiary/aromatic N) is 3. The van der Waals surface area contributed by atoms with Crippen LogP contribution >= 0.6 is 0 Å². The van der Waals surface area contributed by atoms with Crippen LogP contribution in [0.25, 0.3) is 5.69 Å². The number of rotatable bonds is 6. The monoisotopic (exact) mass is 487 g/mol. The number of amides is 1. The molecule has 4 rings (SSSR count). The van der Waals surface area contributed by atoms with Gasteiger partial charge in [-0.3, -0.25) is 4.79 Å². The Morgan fingerprint density at radius 1 is 1.11 bits per heavy atom. The molecule has 186 valence electrons. The first kappa shape index (κ1) is 24.6. The third kappa shape index (κ3) is 4.85. The van der Waals surface area contributed by atoms with Gasteiger partial charge in [0.2, 0.25) is 5.91 Å². The molecule has 1 unspecified atom stereocenters. The van der Waals surface area contributed by atoms with Crippen molar-refractivity contribution in [1.82, 2.24) is 14.7 Å². The lowest BCUT2D eigenvalue weighted by atomic mass is 10.0. The molecule has 1 aromatic heterocycles. The van der Waals surface area contributed by atoms with E-state index in [4.69, 9.17) is 9.47 Å². The summed E-state index contributed by atoms with van der Waals surface area (Å²) >= 11 is 0. The molecule has 0 radical (unpaired) electrons. The summed E-state index contributed by atoms with van der Waals surface area (Å²) in [5, 5.41) is 4.45. The van der Waals surface area contributed by atoms with Crippen LogP contribution in [0.5, 0.6) is 11.5 Å². The molecule has 0 bridgehead atoms. The SMILES string of the molecule is COc1ccc(OC)c(C2CCCN2C(=O)Cc2c(C)nn(-c3cccc(C(F)(F)F)c3)c2C)c1. The fourth-order valence-corrected chi connectivity index (χ4v) is 4.74. The lowest BCUT2D eigenvalue weighted by molar-refractivity contribution is -0.137. The van der Waals surface area contributed by atoms with Crippen LogP contribution in [0.15, 0.2) is 42.5 Å². The zero-order valence-corrected chi connectivity index (χ0v) is 20.1. The van der Waals surface area contributed by atoms with Gasteiger partial charge >= 0.3 is 6.18 Å². The predicted octanol–water partition coefficient (Wildman–Crippen LogP) is 5.43. The summed E-state index contributed by atoms with van der Waals surface area (Å²) in [4.78, 5) is 15.3. The van der Waals surface area contributed by atoms with Crippen LogP contribution in [0.4, 0.5) is 13.2 Å². The molecule has 1 aliphatic rings. The molecule has 2 heterocycles. The molecule has 9 heteroatoms. The first-order valence-electron chi connectivity index (χ1n) is 11.4. The third-order valence-electron chi connectivity index (χ3n) is 6.56. The smallest absolute Gasteiger partial charge is 0.416 e. The molecule has 6 nitrogen and oxygen atoms in total. The van der Waals surface area contributed by atoms with Gasteiger partial charge in [0.25, 0.3) is 0 Å². The Kier molecular flexibility index (Phi) is 6.78. The van der Waals surface area contributed by atoms with Crippen molar-refractivity contribution in [3.8, 4) is 17.2 Å². The number of aryl methyl sites for hydroxylation is 1. The van der Waals surface area contributed by atoms with Gasteiger partial charge in [0.15, 0.2) is 0 Å². The lowest BCUT2D eigenvalue weighted by Crippen LogP contribution is -2.32. The Morgan fingerprint density at radius 3 is 2.57 bits per heavy atom. The van der Waals surface area contributed by atoms with Gasteiger partial charge in [-0.1, -0.05) is 6.07 Å². The molecule has 1 fully saturated rings. The van der Waals surface area contributed by atoms with Crippen molar-refractivity contribution in [2.45, 2.75) is 45.3 Å². The van der Waals surface area contributed by atoms with Crippen LogP contribution in [0, 0.1) is 13.8 Å². The van der Waals surface area contributed by atoms with E-state index in [-0.39, 0.29) is 18.4 Å². The fraction of sp³-hybridized carbons (Fsp3) is 0.385. The van der Waals surface area contributed by atoms with Gasteiger partial charge < -0.3 is 14.4 Å². The first-order valence-corrected chi connectivity index (χ1v) is 11.4. The minimum atomic E-state index is -4.45. The van der Waals surface area contributed by atoms with Gasteiger partial charge in [-0.25, -0.2) is 4.68 Å². The molecule has 0 spiro atoms. The van der Waals surface area contributed by atoms with Gasteiger partial charge in [0, 0.05) is 23.4 Å². The van der Waals surface area contributed by atoms with Gasteiger partial charge in [-0.05, 0) is 63.1 Å². The normalized spacial score (nSPS) is 16.0. The summed E-state index contributed by atoms with van der Waals surface area (Å²) in [5.74, 6) is 1.32. The van der Waals surface area contributed by atoms with Gasteiger partial charge in [-0.2, -0.15) is 18.3 Å². The van der Waals surface area contributed by atoms with Crippen molar-refractivity contribution in [2.24, 2.45) is 0 Å². The van der Waals surface area contributed by atoms with E-state index in [9.17, 15) is 18.0 Å². The van der Waals surface area contributed by atoms with E-state index in [1.54, 1.807) is 34.1 Å². The number of benzene rings is 2. The number of alkyl halides is 3. The quantitative estimate of drug-likeness (QED) is 0.465. The first-order chi connectivity index (χ1) is 16.6. The predicted molar refractivity (Wildman–Crippen MR) is 125 cm³/mol. The molecule has 0 aliphatic carbocycles. The largest absolute Gasteiger partial charge is 0.497 e. The number of aromatic nitrogens is 2. The molecule has 1 saturated heterocycles. The van der Waals surface area contributed by atoms with Crippen LogP contribution in [-0.4, -0.2) is 41.4 Å². The molecule has 0 saturated carbocycles. The van der Waals surface area contributed by atoms with E-state index < -0.39 is 11.7 Å². The number of methoxy groups -OCH3 is 2. The number of halogens is 3. The van der Waals surface area contributed by atoms with Crippen LogP contribution < -0.4 is 9.47 Å². The highest BCUT2D eigenvalue weighted by Crippen LogP contribution is 2.39. The maximum absolute atomic E-state index is 13.5. The second-order valence-electron chi connectivity index (χ2n) is 8.64. The van der Waals surface area contributed by atoms with Crippen molar-refractivity contribution in [3.05, 3.63) is 70.5 Å². The summed E-state index contributed by atoms with van der Waals surface area (Å²) < 4.78 is 52.0. The number of carbonyl (C=O) groups excluding carboxylic acids is 1. The van der Waals surface area contributed by atoms with Crippen molar-refractivity contribution >= 4 is 5.91 Å². The lowest BCUT2D eigenvalue weighted by Gasteiger charge is -2.27. The topological polar surface area (TPSA) is 56.6 Å². The van der Waals surface area contributed by atoms with Gasteiger partial charge in [0.1, 0.15) is 11.5 Å². The average molecular weight is 488 g/mol. The molecular weight excluding hydrogens is 459 g/mol. The highest BCUT2D eigenvalue weighted by molar-refractivity contribution is 5.80. The standard InChI is InChI=1S/C26H28F3N3O3/c1-16-21(17(2)32(30-16)19-8-5-7-18(13-19)26(27,28)29)15-25(33)31-12-6-9-23(31)22-14-20(34-3)10-11-24(22)35-4/h5,7-8,10-11,13-14,23H,6,9,12,15H2,1-4H3. The Morgan fingerprint density at radius 2 is 1.89 bits per heavy atom. The second kappa shape index (κ2) is 9.64. The summed E-state index contributed by atoms with van der Waals surface area (Å²) in [5.41, 5.74) is 2.43. The number of hydrogen-bond acceptors (Lipinski definition) is 4. The van der Waals surface area contributed by atoms with E-state index in [1.807, 2.05) is 23.1 Å². The summed E-state index contributed by atoms with van der Waals surface area (Å²) in [6.45, 7) is 4.16. The minimum Gasteiger partial charge on any atom is -0.497 e. The second-order valence-corrected chi connectivity index (χ2v) is 8.64. The van der Waals surface area contributed by atoms with E-state index in [0.29, 0.717) is 35.1 Å². The highest BCUT2D eigenvalue weighted by atomic mass is 19.4. The average Bonchev–Trinajstić information content (AvgIpc) is 3.44. The summed E-state index contributed by atoms with van der Waals surface area (Å²) in [7, 11) is 3.19. The van der Waals surface area contributed by atoms with E-state index >= 15 is 0 Å². The van der Waals surface area contributed by atoms with Crippen molar-refractivity contribution in [1.29, 1.82) is 0 Å². The fourth-order valence-electron chi connectivity index (χ4n) is 4.74. The summed E-state index contributed by atoms with van der Waals surface area (Å²) in [6.07, 6.45) is -2.68. The Balaban J connectivity index is 1.61. The van der Waals surface area contributed by atoms with Gasteiger partial charge in [-0.15, -0.1) is 0 Å². The zero-order chi connectivity index (χ0) is 25.3. The molecule has 0 N–H and O–H groups in total. The Labute approximate surface area is 202 Å². The summed E-state index contributed by atoms with van der Waals surface area (Å²) in [6, 6.07) is 10.4. The van der Waals surface area contributed by atoms with Crippen molar-refractivity contribution < 1.29 is 27.4 Å². The van der Waals surface area contributed by atoms with Crippen LogP contribution in [-0.2, 0) is 17.4 Å². The van der Waals surface area contributed by atoms with E-state index in [1.165, 1.54) is 10.7 Å². The van der Waals surface area contributed by atoms with Crippen LogP contribution in [0.1, 0.15) is 47.0 Å². The number of ether oxygens (including phenoxy) is 2. The maximum atomic E-state index is 13.5. The van der Waals surface area contributed by atoms with E-state index in [0.717, 1.165) is 36.1 Å². The number of likely N-dealkylation sites (tertiary alicyclic amines) is 1. The van der Waals surface area contributed by atoms with Gasteiger partial charge in [0.05, 0.1) is 43.6 Å². The molecule has 1 amide bonds. The maximum Gasteiger partial charge on any atom is 0.416 e. The highest BCUT2D eigenvalue weighted by Gasteiger charge is 2.33. The molecular formula is C26H28F3N3O3. The number of hydrogen-bond donors (Lipinski definition) is 0. The molecule has 1 aliphatic heterocycles. The zero-order valence-electron chi connectivity index (χ0n) is 20.1. The van der Waals surface area contributed by atoms with Crippen LogP contribution in [0.3, 0.4) is 0 Å². The Hall–Kier alpha value is -3.49. The third-order valence-corrected chi connectivity index (χ3v) is 6.56. The Bertz CT molecular complexity index is 1240. The molecule has 35 heavy (non-hydrogen) atoms.